The van der Waals surface area contributed by atoms with Gasteiger partial charge in [0, 0.05) is 11.6 Å². The number of hydrogen-bond acceptors (Lipinski definition) is 5. The molecule has 0 aliphatic carbocycles. The van der Waals surface area contributed by atoms with Crippen molar-refractivity contribution in [2.75, 3.05) is 0 Å². The van der Waals surface area contributed by atoms with Crippen LogP contribution in [0.5, 0.6) is 5.75 Å². The molecule has 2 aromatic carbocycles. The van der Waals surface area contributed by atoms with Gasteiger partial charge >= 0.3 is 0 Å². The third-order valence-electron chi connectivity index (χ3n) is 4.12. The predicted molar refractivity (Wildman–Crippen MR) is 102 cm³/mol. The van der Waals surface area contributed by atoms with Crippen molar-refractivity contribution in [3.63, 3.8) is 0 Å². The summed E-state index contributed by atoms with van der Waals surface area (Å²) < 4.78 is 11.1. The zero-order valence-corrected chi connectivity index (χ0v) is 15.7. The van der Waals surface area contributed by atoms with Crippen LogP contribution in [-0.4, -0.2) is 33.1 Å². The molecule has 0 spiro atoms. The first-order valence-electron chi connectivity index (χ1n) is 8.95. The van der Waals surface area contributed by atoms with Crippen LogP contribution in [0.3, 0.4) is 0 Å². The maximum absolute atomic E-state index is 12.9. The summed E-state index contributed by atoms with van der Waals surface area (Å²) in [6, 6.07) is 18.8. The zero-order valence-electron chi connectivity index (χ0n) is 15.7. The van der Waals surface area contributed by atoms with Crippen molar-refractivity contribution in [3.8, 4) is 17.1 Å². The minimum atomic E-state index is -0.619. The van der Waals surface area contributed by atoms with E-state index < -0.39 is 6.10 Å². The highest BCUT2D eigenvalue weighted by Gasteiger charge is 2.26. The van der Waals surface area contributed by atoms with Crippen LogP contribution >= 0.6 is 0 Å². The van der Waals surface area contributed by atoms with Gasteiger partial charge in [0.15, 0.2) is 6.10 Å². The first-order chi connectivity index (χ1) is 13.0. The van der Waals surface area contributed by atoms with Crippen molar-refractivity contribution in [2.24, 2.45) is 0 Å². The lowest BCUT2D eigenvalue weighted by molar-refractivity contribution is -0.140. The normalized spacial score (nSPS) is 12.0. The van der Waals surface area contributed by atoms with Gasteiger partial charge in [0.25, 0.3) is 5.91 Å². The average Bonchev–Trinajstić information content (AvgIpc) is 3.15. The molecule has 0 saturated heterocycles. The largest absolute Gasteiger partial charge is 0.481 e. The Morgan fingerprint density at radius 2 is 1.67 bits per heavy atom. The molecule has 140 valence electrons. The molecule has 6 nitrogen and oxygen atoms in total. The number of nitrogens with zero attached hydrogens (tertiary/aromatic N) is 3. The summed E-state index contributed by atoms with van der Waals surface area (Å²) in [7, 11) is 0. The molecule has 1 aromatic heterocycles. The molecule has 3 aromatic rings. The Bertz CT molecular complexity index is 863. The van der Waals surface area contributed by atoms with Crippen molar-refractivity contribution < 1.29 is 14.1 Å². The molecule has 0 radical (unpaired) electrons. The van der Waals surface area contributed by atoms with Crippen LogP contribution in [0.1, 0.15) is 26.7 Å². The van der Waals surface area contributed by atoms with Gasteiger partial charge in [-0.15, -0.1) is 0 Å². The molecular formula is C21H23N3O3. The molecule has 0 N–H and O–H groups in total. The van der Waals surface area contributed by atoms with E-state index in [0.717, 1.165) is 5.56 Å². The van der Waals surface area contributed by atoms with Gasteiger partial charge in [-0.1, -0.05) is 53.7 Å². The Labute approximate surface area is 158 Å². The van der Waals surface area contributed by atoms with Gasteiger partial charge in [-0.25, -0.2) is 0 Å². The van der Waals surface area contributed by atoms with Crippen molar-refractivity contribution in [3.05, 3.63) is 66.6 Å². The van der Waals surface area contributed by atoms with Crippen LogP contribution in [0.15, 0.2) is 65.2 Å². The van der Waals surface area contributed by atoms with Crippen molar-refractivity contribution >= 4 is 5.91 Å². The Morgan fingerprint density at radius 3 is 2.30 bits per heavy atom. The lowest BCUT2D eigenvalue weighted by Gasteiger charge is -2.28. The molecule has 0 bridgehead atoms. The third-order valence-corrected chi connectivity index (χ3v) is 4.12. The Balaban J connectivity index is 1.70. The standard InChI is InChI=1S/C21H23N3O3/c1-15(2)24(21(25)16(3)26-18-12-8-5-9-13-18)14-19-22-20(23-27-19)17-10-6-4-7-11-17/h4-13,15-16H,14H2,1-3H3/t16-/m0/s1. The molecule has 0 fully saturated rings. The van der Waals surface area contributed by atoms with Gasteiger partial charge in [0.2, 0.25) is 11.7 Å². The first-order valence-corrected chi connectivity index (χ1v) is 8.95. The molecule has 6 heteroatoms. The fraction of sp³-hybridized carbons (Fsp3) is 0.286. The first kappa shape index (κ1) is 18.6. The molecule has 1 atom stereocenters. The fourth-order valence-electron chi connectivity index (χ4n) is 2.67. The fourth-order valence-corrected chi connectivity index (χ4v) is 2.67. The summed E-state index contributed by atoms with van der Waals surface area (Å²) in [5.74, 6) is 1.43. The Morgan fingerprint density at radius 1 is 1.04 bits per heavy atom. The number of aromatic nitrogens is 2. The lowest BCUT2D eigenvalue weighted by atomic mass is 10.2. The van der Waals surface area contributed by atoms with Gasteiger partial charge < -0.3 is 14.2 Å². The molecule has 0 aliphatic rings. The quantitative estimate of drug-likeness (QED) is 0.634. The molecule has 1 heterocycles. The van der Waals surface area contributed by atoms with Crippen LogP contribution in [-0.2, 0) is 11.3 Å². The second kappa shape index (κ2) is 8.49. The van der Waals surface area contributed by atoms with Crippen LogP contribution in [0.25, 0.3) is 11.4 Å². The molecular weight excluding hydrogens is 342 g/mol. The summed E-state index contributed by atoms with van der Waals surface area (Å²) in [5, 5.41) is 4.02. The molecule has 0 unspecified atom stereocenters. The number of hydrogen-bond donors (Lipinski definition) is 0. The van der Waals surface area contributed by atoms with Crippen LogP contribution < -0.4 is 4.74 Å². The Hall–Kier alpha value is -3.15. The monoisotopic (exact) mass is 365 g/mol. The molecule has 0 saturated carbocycles. The van der Waals surface area contributed by atoms with Gasteiger partial charge in [-0.05, 0) is 32.9 Å². The van der Waals surface area contributed by atoms with Gasteiger partial charge in [0.1, 0.15) is 12.3 Å². The van der Waals surface area contributed by atoms with E-state index in [9.17, 15) is 4.79 Å². The minimum Gasteiger partial charge on any atom is -0.481 e. The zero-order chi connectivity index (χ0) is 19.2. The van der Waals surface area contributed by atoms with E-state index >= 15 is 0 Å². The number of para-hydroxylation sites is 1. The second-order valence-electron chi connectivity index (χ2n) is 6.51. The number of amides is 1. The van der Waals surface area contributed by atoms with Crippen LogP contribution in [0.2, 0.25) is 0 Å². The van der Waals surface area contributed by atoms with Crippen molar-refractivity contribution in [1.82, 2.24) is 15.0 Å². The molecule has 0 aliphatic heterocycles. The topological polar surface area (TPSA) is 68.5 Å². The van der Waals surface area contributed by atoms with Crippen molar-refractivity contribution in [2.45, 2.75) is 39.5 Å². The number of benzene rings is 2. The maximum Gasteiger partial charge on any atom is 0.264 e. The lowest BCUT2D eigenvalue weighted by Crippen LogP contribution is -2.43. The van der Waals surface area contributed by atoms with E-state index in [1.807, 2.05) is 74.5 Å². The predicted octanol–water partition coefficient (Wildman–Crippen LogP) is 3.94. The van der Waals surface area contributed by atoms with Gasteiger partial charge in [-0.3, -0.25) is 4.79 Å². The van der Waals surface area contributed by atoms with E-state index in [4.69, 9.17) is 9.26 Å². The summed E-state index contributed by atoms with van der Waals surface area (Å²) in [6.07, 6.45) is -0.619. The third kappa shape index (κ3) is 4.73. The summed E-state index contributed by atoms with van der Waals surface area (Å²) >= 11 is 0. The number of ether oxygens (including phenoxy) is 1. The average molecular weight is 365 g/mol. The second-order valence-corrected chi connectivity index (χ2v) is 6.51. The van der Waals surface area contributed by atoms with Gasteiger partial charge in [-0.2, -0.15) is 4.98 Å². The SMILES string of the molecule is CC(C)N(Cc1nc(-c2ccccc2)no1)C(=O)[C@H](C)Oc1ccccc1. The number of carbonyl (C=O) groups is 1. The Kier molecular flexibility index (Phi) is 5.86. The number of rotatable bonds is 7. The maximum atomic E-state index is 12.9. The van der Waals surface area contributed by atoms with Crippen molar-refractivity contribution in [1.29, 1.82) is 0 Å². The van der Waals surface area contributed by atoms with Crippen LogP contribution in [0, 0.1) is 0 Å². The smallest absolute Gasteiger partial charge is 0.264 e. The van der Waals surface area contributed by atoms with Crippen LogP contribution in [0.4, 0.5) is 0 Å². The molecule has 1 amide bonds. The summed E-state index contributed by atoms with van der Waals surface area (Å²) in [4.78, 5) is 19.0. The minimum absolute atomic E-state index is 0.0357. The van der Waals surface area contributed by atoms with E-state index in [-0.39, 0.29) is 18.5 Å². The van der Waals surface area contributed by atoms with Gasteiger partial charge in [0.05, 0.1) is 0 Å². The van der Waals surface area contributed by atoms with E-state index in [2.05, 4.69) is 10.1 Å². The van der Waals surface area contributed by atoms with E-state index in [1.165, 1.54) is 0 Å². The highest BCUT2D eigenvalue weighted by molar-refractivity contribution is 5.81. The molecule has 3 rings (SSSR count). The highest BCUT2D eigenvalue weighted by Crippen LogP contribution is 2.18. The van der Waals surface area contributed by atoms with E-state index in [1.54, 1.807) is 11.8 Å². The summed E-state index contributed by atoms with van der Waals surface area (Å²) in [6.45, 7) is 5.87. The molecule has 27 heavy (non-hydrogen) atoms. The van der Waals surface area contributed by atoms with E-state index in [0.29, 0.717) is 17.5 Å². The number of carbonyl (C=O) groups excluding carboxylic acids is 1. The summed E-state index contributed by atoms with van der Waals surface area (Å²) in [5.41, 5.74) is 0.871. The highest BCUT2D eigenvalue weighted by atomic mass is 16.5.